The summed E-state index contributed by atoms with van der Waals surface area (Å²) < 4.78 is 47.3. The van der Waals surface area contributed by atoms with Crippen molar-refractivity contribution in [1.29, 1.82) is 0 Å². The molecule has 0 spiro atoms. The van der Waals surface area contributed by atoms with Crippen molar-refractivity contribution in [3.05, 3.63) is 71.0 Å². The molecular weight excluding hydrogens is 377 g/mol. The van der Waals surface area contributed by atoms with Gasteiger partial charge in [-0.3, -0.25) is 0 Å². The first-order valence-corrected chi connectivity index (χ1v) is 10.4. The molecule has 3 rings (SSSR count). The molecule has 156 valence electrons. The quantitative estimate of drug-likeness (QED) is 0.284. The number of esters is 1. The lowest BCUT2D eigenvalue weighted by atomic mass is 9.73. The van der Waals surface area contributed by atoms with Crippen molar-refractivity contribution < 1.29 is 22.7 Å². The lowest BCUT2D eigenvalue weighted by molar-refractivity contribution is -0.0502. The average Bonchev–Trinajstić information content (AvgIpc) is 2.73. The molecule has 0 N–H and O–H groups in total. The Labute approximate surface area is 170 Å². The van der Waals surface area contributed by atoms with Crippen molar-refractivity contribution in [3.8, 4) is 0 Å². The zero-order chi connectivity index (χ0) is 20.9. The fourth-order valence-corrected chi connectivity index (χ4v) is 4.19. The summed E-state index contributed by atoms with van der Waals surface area (Å²) in [7, 11) is 0. The molecule has 0 saturated heterocycles. The van der Waals surface area contributed by atoms with E-state index in [0.29, 0.717) is 24.3 Å². The number of carbonyl (C=O) groups is 1. The molecule has 29 heavy (non-hydrogen) atoms. The predicted octanol–water partition coefficient (Wildman–Crippen LogP) is 6.93. The number of hydrogen-bond acceptors (Lipinski definition) is 2. The van der Waals surface area contributed by atoms with E-state index in [1.165, 1.54) is 6.42 Å². The molecule has 1 fully saturated rings. The van der Waals surface area contributed by atoms with Crippen LogP contribution in [0.4, 0.5) is 13.2 Å². The van der Waals surface area contributed by atoms with E-state index in [1.54, 1.807) is 30.3 Å². The van der Waals surface area contributed by atoms with Crippen LogP contribution in [0.25, 0.3) is 0 Å². The first-order chi connectivity index (χ1) is 13.9. The first kappa shape index (κ1) is 21.4. The number of unbranched alkanes of at least 4 members (excludes halogenated alkanes) is 2. The monoisotopic (exact) mass is 404 g/mol. The number of benzene rings is 2. The van der Waals surface area contributed by atoms with E-state index in [0.717, 1.165) is 44.2 Å². The van der Waals surface area contributed by atoms with E-state index in [9.17, 15) is 18.0 Å². The van der Waals surface area contributed by atoms with Gasteiger partial charge in [-0.2, -0.15) is 0 Å². The van der Waals surface area contributed by atoms with Crippen LogP contribution in [0, 0.1) is 23.4 Å². The van der Waals surface area contributed by atoms with E-state index < -0.39 is 29.0 Å². The van der Waals surface area contributed by atoms with Crippen LogP contribution in [0.15, 0.2) is 42.5 Å². The van der Waals surface area contributed by atoms with Gasteiger partial charge >= 0.3 is 5.97 Å². The second-order valence-corrected chi connectivity index (χ2v) is 7.94. The van der Waals surface area contributed by atoms with Gasteiger partial charge in [-0.05, 0) is 55.9 Å². The summed E-state index contributed by atoms with van der Waals surface area (Å²) >= 11 is 0. The van der Waals surface area contributed by atoms with Gasteiger partial charge in [-0.15, -0.1) is 0 Å². The Morgan fingerprint density at radius 1 is 1.03 bits per heavy atom. The van der Waals surface area contributed by atoms with Crippen molar-refractivity contribution in [1.82, 2.24) is 0 Å². The molecule has 0 unspecified atom stereocenters. The first-order valence-electron chi connectivity index (χ1n) is 10.4. The van der Waals surface area contributed by atoms with Gasteiger partial charge in [-0.25, -0.2) is 18.0 Å². The normalized spacial score (nSPS) is 21.7. The molecule has 1 aliphatic carbocycles. The molecular formula is C24H27F3O2. The van der Waals surface area contributed by atoms with Crippen molar-refractivity contribution in [2.24, 2.45) is 5.92 Å². The van der Waals surface area contributed by atoms with Crippen LogP contribution < -0.4 is 0 Å². The lowest BCUT2D eigenvalue weighted by Gasteiger charge is -2.40. The Morgan fingerprint density at radius 3 is 2.24 bits per heavy atom. The maximum absolute atomic E-state index is 14.0. The highest BCUT2D eigenvalue weighted by molar-refractivity contribution is 5.89. The van der Waals surface area contributed by atoms with Gasteiger partial charge in [0.15, 0.2) is 17.5 Å². The molecule has 1 aliphatic rings. The lowest BCUT2D eigenvalue weighted by Crippen LogP contribution is -2.37. The smallest absolute Gasteiger partial charge is 0.339 e. The summed E-state index contributed by atoms with van der Waals surface area (Å²) in [6.45, 7) is 2.16. The van der Waals surface area contributed by atoms with E-state index in [1.807, 2.05) is 0 Å². The second-order valence-electron chi connectivity index (χ2n) is 7.94. The van der Waals surface area contributed by atoms with E-state index in [2.05, 4.69) is 6.92 Å². The molecule has 0 aliphatic heterocycles. The van der Waals surface area contributed by atoms with E-state index >= 15 is 0 Å². The van der Waals surface area contributed by atoms with Crippen molar-refractivity contribution in [2.75, 3.05) is 0 Å². The Hall–Kier alpha value is -2.30. The summed E-state index contributed by atoms with van der Waals surface area (Å²) in [4.78, 5) is 12.7. The minimum Gasteiger partial charge on any atom is -0.451 e. The molecule has 0 radical (unpaired) electrons. The minimum absolute atomic E-state index is 0.185. The van der Waals surface area contributed by atoms with Crippen LogP contribution in [0.5, 0.6) is 0 Å². The number of carbonyl (C=O) groups excluding carboxylic acids is 1. The van der Waals surface area contributed by atoms with Crippen LogP contribution in [0.2, 0.25) is 0 Å². The SMILES string of the molecule is CCCCCC1CCC(OC(=O)c2ccccc2)(c2cc(F)c(F)c(F)c2)CC1. The molecule has 2 aromatic rings. The van der Waals surface area contributed by atoms with Crippen LogP contribution in [-0.4, -0.2) is 5.97 Å². The Morgan fingerprint density at radius 2 is 1.66 bits per heavy atom. The Balaban J connectivity index is 1.86. The fraction of sp³-hybridized carbons (Fsp3) is 0.458. The zero-order valence-electron chi connectivity index (χ0n) is 16.7. The summed E-state index contributed by atoms with van der Waals surface area (Å²) in [5.74, 6) is -4.08. The third-order valence-electron chi connectivity index (χ3n) is 5.94. The molecule has 5 heteroatoms. The molecule has 2 aromatic carbocycles. The maximum atomic E-state index is 14.0. The van der Waals surface area contributed by atoms with Crippen LogP contribution in [0.1, 0.15) is 74.2 Å². The van der Waals surface area contributed by atoms with Crippen molar-refractivity contribution in [2.45, 2.75) is 63.9 Å². The van der Waals surface area contributed by atoms with Gasteiger partial charge in [-0.1, -0.05) is 50.8 Å². The molecule has 0 amide bonds. The van der Waals surface area contributed by atoms with Gasteiger partial charge in [0.1, 0.15) is 5.60 Å². The highest BCUT2D eigenvalue weighted by atomic mass is 19.2. The third kappa shape index (κ3) is 5.01. The summed E-state index contributed by atoms with van der Waals surface area (Å²) in [5, 5.41) is 0. The van der Waals surface area contributed by atoms with Crippen molar-refractivity contribution >= 4 is 5.97 Å². The number of ether oxygens (including phenoxy) is 1. The minimum atomic E-state index is -1.51. The third-order valence-corrected chi connectivity index (χ3v) is 5.94. The van der Waals surface area contributed by atoms with Gasteiger partial charge in [0.05, 0.1) is 5.56 Å². The van der Waals surface area contributed by atoms with Gasteiger partial charge in [0.25, 0.3) is 0 Å². The van der Waals surface area contributed by atoms with Gasteiger partial charge in [0, 0.05) is 5.56 Å². The highest BCUT2D eigenvalue weighted by Gasteiger charge is 2.41. The Kier molecular flexibility index (Phi) is 6.99. The molecule has 1 saturated carbocycles. The summed E-state index contributed by atoms with van der Waals surface area (Å²) in [6.07, 6.45) is 7.11. The average molecular weight is 404 g/mol. The van der Waals surface area contributed by atoms with Crippen LogP contribution in [-0.2, 0) is 10.3 Å². The zero-order valence-corrected chi connectivity index (χ0v) is 16.7. The topological polar surface area (TPSA) is 26.3 Å². The van der Waals surface area contributed by atoms with Crippen LogP contribution in [0.3, 0.4) is 0 Å². The van der Waals surface area contributed by atoms with E-state index in [-0.39, 0.29) is 5.56 Å². The Bertz CT molecular complexity index is 804. The molecule has 0 bridgehead atoms. The number of halogens is 3. The largest absolute Gasteiger partial charge is 0.451 e. The number of hydrogen-bond donors (Lipinski definition) is 0. The molecule has 0 atom stereocenters. The standard InChI is InChI=1S/C24H27F3O2/c1-2-3-5-8-17-11-13-24(14-12-17,19-15-20(25)22(27)21(26)16-19)29-23(28)18-9-6-4-7-10-18/h4,6-7,9-10,15-17H,2-3,5,8,11-14H2,1H3. The molecule has 0 heterocycles. The predicted molar refractivity (Wildman–Crippen MR) is 106 cm³/mol. The van der Waals surface area contributed by atoms with Crippen LogP contribution >= 0.6 is 0 Å². The molecule has 0 aromatic heterocycles. The number of rotatable bonds is 7. The van der Waals surface area contributed by atoms with Crippen molar-refractivity contribution in [3.63, 3.8) is 0 Å². The fourth-order valence-electron chi connectivity index (χ4n) is 4.19. The van der Waals surface area contributed by atoms with Gasteiger partial charge < -0.3 is 4.74 Å². The highest BCUT2D eigenvalue weighted by Crippen LogP contribution is 2.45. The second kappa shape index (κ2) is 9.47. The summed E-state index contributed by atoms with van der Waals surface area (Å²) in [6, 6.07) is 10.5. The maximum Gasteiger partial charge on any atom is 0.339 e. The van der Waals surface area contributed by atoms with Gasteiger partial charge in [0.2, 0.25) is 0 Å². The molecule has 2 nitrogen and oxygen atoms in total. The van der Waals surface area contributed by atoms with E-state index in [4.69, 9.17) is 4.74 Å². The summed E-state index contributed by atoms with van der Waals surface area (Å²) in [5.41, 5.74) is -0.589.